The molecular weight excluding hydrogens is 364 g/mol. The highest BCUT2D eigenvalue weighted by atomic mass is 79.9. The SMILES string of the molecule is O=Cc1ccc[nH+]c1.O=Cc1ccc[nH+]c1.[Br-].[Br-]. The van der Waals surface area contributed by atoms with Crippen LogP contribution in [0.2, 0.25) is 0 Å². The highest BCUT2D eigenvalue weighted by molar-refractivity contribution is 5.73. The van der Waals surface area contributed by atoms with Gasteiger partial charge in [0.25, 0.3) is 0 Å². The number of rotatable bonds is 2. The minimum Gasteiger partial charge on any atom is -1.00 e. The topological polar surface area (TPSA) is 62.4 Å². The molecule has 0 amide bonds. The molecule has 0 unspecified atom stereocenters. The molecular formula is C12H12Br2N2O2. The van der Waals surface area contributed by atoms with Gasteiger partial charge in [-0.05, 0) is 12.1 Å². The van der Waals surface area contributed by atoms with Gasteiger partial charge >= 0.3 is 0 Å². The van der Waals surface area contributed by atoms with E-state index in [1.165, 1.54) is 0 Å². The summed E-state index contributed by atoms with van der Waals surface area (Å²) in [5, 5.41) is 0. The van der Waals surface area contributed by atoms with Crippen molar-refractivity contribution in [3.63, 3.8) is 0 Å². The Bertz CT molecular complexity index is 395. The first kappa shape index (κ1) is 19.0. The Labute approximate surface area is 126 Å². The van der Waals surface area contributed by atoms with E-state index < -0.39 is 0 Å². The zero-order chi connectivity index (χ0) is 11.6. The van der Waals surface area contributed by atoms with E-state index in [0.29, 0.717) is 11.1 Å². The third-order valence-electron chi connectivity index (χ3n) is 1.73. The van der Waals surface area contributed by atoms with Gasteiger partial charge in [0.15, 0.2) is 37.4 Å². The van der Waals surface area contributed by atoms with Gasteiger partial charge in [0, 0.05) is 12.1 Å². The van der Waals surface area contributed by atoms with Gasteiger partial charge in [-0.1, -0.05) is 0 Å². The Balaban J connectivity index is 0. The average Bonchev–Trinajstić information content (AvgIpc) is 2.41. The second-order valence-electron chi connectivity index (χ2n) is 2.91. The molecule has 0 spiro atoms. The zero-order valence-corrected chi connectivity index (χ0v) is 12.5. The van der Waals surface area contributed by atoms with E-state index in [9.17, 15) is 9.59 Å². The Morgan fingerprint density at radius 1 is 0.778 bits per heavy atom. The first-order chi connectivity index (χ1) is 7.86. The Hall–Kier alpha value is -1.40. The van der Waals surface area contributed by atoms with Crippen molar-refractivity contribution in [1.29, 1.82) is 0 Å². The van der Waals surface area contributed by atoms with Crippen LogP contribution in [0, 0.1) is 0 Å². The van der Waals surface area contributed by atoms with E-state index in [0.717, 1.165) is 12.6 Å². The fraction of sp³-hybridized carbons (Fsp3) is 0. The van der Waals surface area contributed by atoms with E-state index in [1.807, 2.05) is 0 Å². The third kappa shape index (κ3) is 7.81. The van der Waals surface area contributed by atoms with Crippen molar-refractivity contribution in [3.8, 4) is 0 Å². The molecule has 6 heteroatoms. The molecule has 0 aliphatic carbocycles. The Kier molecular flexibility index (Phi) is 12.7. The van der Waals surface area contributed by atoms with Crippen molar-refractivity contribution in [2.24, 2.45) is 0 Å². The van der Waals surface area contributed by atoms with Gasteiger partial charge in [-0.25, -0.2) is 9.97 Å². The number of carbonyl (C=O) groups excluding carboxylic acids is 2. The van der Waals surface area contributed by atoms with E-state index in [2.05, 4.69) is 9.97 Å². The fourth-order valence-electron chi connectivity index (χ4n) is 0.961. The van der Waals surface area contributed by atoms with Gasteiger partial charge in [0.05, 0.1) is 11.1 Å². The van der Waals surface area contributed by atoms with Gasteiger partial charge < -0.3 is 34.0 Å². The van der Waals surface area contributed by atoms with Gasteiger partial charge in [-0.2, -0.15) is 0 Å². The molecule has 0 radical (unpaired) electrons. The number of pyridine rings is 2. The summed E-state index contributed by atoms with van der Waals surface area (Å²) < 4.78 is 0. The lowest BCUT2D eigenvalue weighted by Crippen LogP contribution is -3.00. The molecule has 18 heavy (non-hydrogen) atoms. The second kappa shape index (κ2) is 12.1. The monoisotopic (exact) mass is 374 g/mol. The van der Waals surface area contributed by atoms with Crippen LogP contribution in [0.5, 0.6) is 0 Å². The molecule has 0 aromatic carbocycles. The van der Waals surface area contributed by atoms with Crippen molar-refractivity contribution >= 4 is 12.6 Å². The predicted octanol–water partition coefficient (Wildman–Crippen LogP) is -5.37. The molecule has 0 aliphatic rings. The molecule has 0 bridgehead atoms. The molecule has 0 fully saturated rings. The first-order valence-electron chi connectivity index (χ1n) is 4.69. The number of carbonyl (C=O) groups is 2. The van der Waals surface area contributed by atoms with Crippen LogP contribution in [-0.4, -0.2) is 12.6 Å². The van der Waals surface area contributed by atoms with Crippen molar-refractivity contribution in [3.05, 3.63) is 60.2 Å². The summed E-state index contributed by atoms with van der Waals surface area (Å²) in [4.78, 5) is 25.5. The van der Waals surface area contributed by atoms with Crippen LogP contribution in [0.3, 0.4) is 0 Å². The van der Waals surface area contributed by atoms with Crippen LogP contribution < -0.4 is 43.9 Å². The standard InChI is InChI=1S/2C6H5NO.2BrH/c2*8-5-6-2-1-3-7-4-6;;/h2*1-5H;2*1H. The second-order valence-corrected chi connectivity index (χ2v) is 2.91. The number of aromatic amines is 2. The molecule has 0 saturated carbocycles. The molecule has 2 aromatic rings. The van der Waals surface area contributed by atoms with E-state index >= 15 is 0 Å². The summed E-state index contributed by atoms with van der Waals surface area (Å²) in [5.41, 5.74) is 1.35. The number of nitrogens with one attached hydrogen (secondary N) is 2. The van der Waals surface area contributed by atoms with Crippen LogP contribution in [0.1, 0.15) is 20.7 Å². The average molecular weight is 376 g/mol. The smallest absolute Gasteiger partial charge is 0.177 e. The van der Waals surface area contributed by atoms with Crippen LogP contribution in [0.15, 0.2) is 49.1 Å². The minimum atomic E-state index is 0. The molecule has 96 valence electrons. The summed E-state index contributed by atoms with van der Waals surface area (Å²) in [6.07, 6.45) is 8.41. The maximum atomic E-state index is 9.99. The zero-order valence-electron chi connectivity index (χ0n) is 9.35. The quantitative estimate of drug-likeness (QED) is 0.492. The van der Waals surface area contributed by atoms with Crippen molar-refractivity contribution in [1.82, 2.24) is 0 Å². The van der Waals surface area contributed by atoms with E-state index in [-0.39, 0.29) is 34.0 Å². The van der Waals surface area contributed by atoms with Gasteiger partial charge in [0.2, 0.25) is 0 Å². The van der Waals surface area contributed by atoms with Crippen molar-refractivity contribution < 1.29 is 53.5 Å². The maximum absolute atomic E-state index is 9.99. The molecule has 2 N–H and O–H groups in total. The number of halogens is 2. The molecule has 2 aromatic heterocycles. The van der Waals surface area contributed by atoms with Crippen molar-refractivity contribution in [2.45, 2.75) is 0 Å². The lowest BCUT2D eigenvalue weighted by Gasteiger charge is -1.75. The normalized spacial score (nSPS) is 7.56. The number of aldehydes is 2. The van der Waals surface area contributed by atoms with Gasteiger partial charge in [-0.3, -0.25) is 9.59 Å². The first-order valence-corrected chi connectivity index (χ1v) is 4.69. The third-order valence-corrected chi connectivity index (χ3v) is 1.73. The molecule has 0 saturated heterocycles. The largest absolute Gasteiger partial charge is 1.00 e. The molecule has 2 rings (SSSR count). The lowest BCUT2D eigenvalue weighted by molar-refractivity contribution is -0.378. The van der Waals surface area contributed by atoms with Crippen LogP contribution in [0.25, 0.3) is 0 Å². The summed E-state index contributed by atoms with van der Waals surface area (Å²) in [6, 6.07) is 7.04. The number of H-pyrrole nitrogens is 2. The molecule has 2 heterocycles. The molecule has 4 nitrogen and oxygen atoms in total. The van der Waals surface area contributed by atoms with E-state index in [1.54, 1.807) is 49.1 Å². The molecule has 0 atom stereocenters. The van der Waals surface area contributed by atoms with Crippen LogP contribution >= 0.6 is 0 Å². The summed E-state index contributed by atoms with van der Waals surface area (Å²) in [5.74, 6) is 0. The van der Waals surface area contributed by atoms with E-state index in [4.69, 9.17) is 0 Å². The van der Waals surface area contributed by atoms with Gasteiger partial charge in [0.1, 0.15) is 0 Å². The van der Waals surface area contributed by atoms with Gasteiger partial charge in [-0.15, -0.1) is 0 Å². The Morgan fingerprint density at radius 3 is 1.33 bits per heavy atom. The number of hydrogen-bond donors (Lipinski definition) is 0. The summed E-state index contributed by atoms with van der Waals surface area (Å²) >= 11 is 0. The lowest BCUT2D eigenvalue weighted by atomic mass is 10.3. The number of aromatic nitrogens is 2. The number of hydrogen-bond acceptors (Lipinski definition) is 2. The summed E-state index contributed by atoms with van der Waals surface area (Å²) in [6.45, 7) is 0. The fourth-order valence-corrected chi connectivity index (χ4v) is 0.961. The maximum Gasteiger partial charge on any atom is 0.177 e. The minimum absolute atomic E-state index is 0. The van der Waals surface area contributed by atoms with Crippen molar-refractivity contribution in [2.75, 3.05) is 0 Å². The molecule has 0 aliphatic heterocycles. The van der Waals surface area contributed by atoms with Crippen LogP contribution in [-0.2, 0) is 0 Å². The highest BCUT2D eigenvalue weighted by Crippen LogP contribution is 1.84. The predicted molar refractivity (Wildman–Crippen MR) is 56.8 cm³/mol. The summed E-state index contributed by atoms with van der Waals surface area (Å²) in [7, 11) is 0. The highest BCUT2D eigenvalue weighted by Gasteiger charge is 1.87. The van der Waals surface area contributed by atoms with Crippen LogP contribution in [0.4, 0.5) is 0 Å². The Morgan fingerprint density at radius 2 is 1.17 bits per heavy atom.